The van der Waals surface area contributed by atoms with Gasteiger partial charge in [-0.15, -0.1) is 0 Å². The number of hydrogen-bond donors (Lipinski definition) is 1. The molecule has 1 saturated heterocycles. The summed E-state index contributed by atoms with van der Waals surface area (Å²) in [5.41, 5.74) is 2.47. The molecule has 2 heterocycles. The Morgan fingerprint density at radius 3 is 2.54 bits per heavy atom. The molecule has 2 atom stereocenters. The summed E-state index contributed by atoms with van der Waals surface area (Å²) in [7, 11) is -7.98. The molecule has 0 aliphatic carbocycles. The molecule has 1 N–H and O–H groups in total. The Morgan fingerprint density at radius 2 is 1.81 bits per heavy atom. The van der Waals surface area contributed by atoms with Gasteiger partial charge in [-0.05, 0) is 36.6 Å². The Labute approximate surface area is 152 Å². The van der Waals surface area contributed by atoms with Gasteiger partial charge in [0.05, 0.1) is 17.5 Å². The maximum absolute atomic E-state index is 13.3. The topological polar surface area (TPSA) is 92.8 Å². The average molecular weight is 394 g/mol. The SMILES string of the molecule is Cc1ccc(S(=O)(=O)N2[C@@H]3COS(=O)(=O)N[C@@H]2c2ccccc2C3)cc1. The zero-order valence-corrected chi connectivity index (χ0v) is 15.6. The predicted octanol–water partition coefficient (Wildman–Crippen LogP) is 1.47. The van der Waals surface area contributed by atoms with Crippen LogP contribution in [0.3, 0.4) is 0 Å². The third-order valence-electron chi connectivity index (χ3n) is 4.69. The highest BCUT2D eigenvalue weighted by Crippen LogP contribution is 2.38. The van der Waals surface area contributed by atoms with E-state index >= 15 is 0 Å². The van der Waals surface area contributed by atoms with Crippen LogP contribution in [-0.2, 0) is 30.9 Å². The predicted molar refractivity (Wildman–Crippen MR) is 94.9 cm³/mol. The van der Waals surface area contributed by atoms with Crippen molar-refractivity contribution in [2.24, 2.45) is 0 Å². The Morgan fingerprint density at radius 1 is 1.12 bits per heavy atom. The minimum absolute atomic E-state index is 0.124. The fraction of sp³-hybridized carbons (Fsp3) is 0.294. The maximum Gasteiger partial charge on any atom is 0.337 e. The van der Waals surface area contributed by atoms with Crippen molar-refractivity contribution in [1.82, 2.24) is 9.03 Å². The van der Waals surface area contributed by atoms with Crippen molar-refractivity contribution < 1.29 is 21.0 Å². The molecule has 4 rings (SSSR count). The Balaban J connectivity index is 1.88. The molecule has 2 aliphatic rings. The summed E-state index contributed by atoms with van der Waals surface area (Å²) < 4.78 is 59.5. The molecule has 9 heteroatoms. The lowest BCUT2D eigenvalue weighted by molar-refractivity contribution is 0.184. The molecule has 1 fully saturated rings. The van der Waals surface area contributed by atoms with Gasteiger partial charge in [0.2, 0.25) is 10.0 Å². The molecule has 2 aliphatic heterocycles. The summed E-state index contributed by atoms with van der Waals surface area (Å²) in [5.74, 6) is 0. The number of sulfonamides is 1. The van der Waals surface area contributed by atoms with E-state index in [1.165, 1.54) is 16.4 Å². The van der Waals surface area contributed by atoms with Crippen LogP contribution in [0.5, 0.6) is 0 Å². The highest BCUT2D eigenvalue weighted by molar-refractivity contribution is 7.89. The number of fused-ring (bicyclic) bond motifs is 4. The smallest absolute Gasteiger partial charge is 0.256 e. The van der Waals surface area contributed by atoms with E-state index in [1.807, 2.05) is 19.1 Å². The quantitative estimate of drug-likeness (QED) is 0.833. The van der Waals surface area contributed by atoms with Gasteiger partial charge in [-0.3, -0.25) is 4.18 Å². The van der Waals surface area contributed by atoms with Crippen molar-refractivity contribution in [2.75, 3.05) is 6.61 Å². The van der Waals surface area contributed by atoms with Gasteiger partial charge in [0, 0.05) is 0 Å². The molecule has 26 heavy (non-hydrogen) atoms. The van der Waals surface area contributed by atoms with Crippen molar-refractivity contribution in [1.29, 1.82) is 0 Å². The lowest BCUT2D eigenvalue weighted by Gasteiger charge is -2.39. The van der Waals surface area contributed by atoms with Crippen molar-refractivity contribution in [3.63, 3.8) is 0 Å². The van der Waals surface area contributed by atoms with Gasteiger partial charge in [0.1, 0.15) is 6.17 Å². The summed E-state index contributed by atoms with van der Waals surface area (Å²) >= 11 is 0. The van der Waals surface area contributed by atoms with E-state index in [4.69, 9.17) is 4.18 Å². The number of benzene rings is 2. The number of rotatable bonds is 2. The zero-order valence-electron chi connectivity index (χ0n) is 14.0. The summed E-state index contributed by atoms with van der Waals surface area (Å²) in [4.78, 5) is 0.124. The second kappa shape index (κ2) is 6.14. The number of nitrogens with zero attached hydrogens (tertiary/aromatic N) is 1. The van der Waals surface area contributed by atoms with Crippen LogP contribution in [0.2, 0.25) is 0 Å². The van der Waals surface area contributed by atoms with Gasteiger partial charge < -0.3 is 0 Å². The fourth-order valence-electron chi connectivity index (χ4n) is 3.43. The minimum atomic E-state index is -4.05. The first-order valence-corrected chi connectivity index (χ1v) is 11.0. The Hall–Kier alpha value is -1.78. The van der Waals surface area contributed by atoms with E-state index in [-0.39, 0.29) is 11.5 Å². The van der Waals surface area contributed by atoms with Crippen LogP contribution in [-0.4, -0.2) is 33.8 Å². The van der Waals surface area contributed by atoms with Gasteiger partial charge >= 0.3 is 10.3 Å². The normalized spacial score (nSPS) is 25.3. The van der Waals surface area contributed by atoms with Gasteiger partial charge in [-0.2, -0.15) is 17.4 Å². The van der Waals surface area contributed by atoms with Crippen LogP contribution in [0, 0.1) is 6.92 Å². The van der Waals surface area contributed by atoms with Crippen LogP contribution < -0.4 is 4.72 Å². The maximum atomic E-state index is 13.3. The fourth-order valence-corrected chi connectivity index (χ4v) is 6.11. The molecular weight excluding hydrogens is 376 g/mol. The molecule has 0 amide bonds. The van der Waals surface area contributed by atoms with Gasteiger partial charge in [0.15, 0.2) is 0 Å². The molecule has 2 bridgehead atoms. The lowest BCUT2D eigenvalue weighted by Crippen LogP contribution is -2.51. The monoisotopic (exact) mass is 394 g/mol. The largest absolute Gasteiger partial charge is 0.337 e. The highest BCUT2D eigenvalue weighted by atomic mass is 32.2. The Kier molecular flexibility index (Phi) is 4.16. The van der Waals surface area contributed by atoms with Gasteiger partial charge in [0.25, 0.3) is 0 Å². The molecule has 0 saturated carbocycles. The van der Waals surface area contributed by atoms with Crippen molar-refractivity contribution in [2.45, 2.75) is 30.4 Å². The molecule has 0 unspecified atom stereocenters. The molecule has 7 nitrogen and oxygen atoms in total. The second-order valence-corrected chi connectivity index (χ2v) is 9.69. The van der Waals surface area contributed by atoms with E-state index in [0.29, 0.717) is 12.0 Å². The summed E-state index contributed by atoms with van der Waals surface area (Å²) in [6.45, 7) is 1.64. The molecule has 0 aromatic heterocycles. The van der Waals surface area contributed by atoms with Gasteiger partial charge in [-0.1, -0.05) is 42.0 Å². The third kappa shape index (κ3) is 2.95. The van der Waals surface area contributed by atoms with E-state index in [0.717, 1.165) is 11.1 Å². The molecule has 2 aromatic carbocycles. The Bertz CT molecular complexity index is 1050. The van der Waals surface area contributed by atoms with E-state index in [1.54, 1.807) is 24.3 Å². The second-order valence-electron chi connectivity index (χ2n) is 6.46. The molecule has 2 aromatic rings. The zero-order chi connectivity index (χ0) is 18.5. The van der Waals surface area contributed by atoms with Gasteiger partial charge in [-0.25, -0.2) is 8.42 Å². The van der Waals surface area contributed by atoms with Crippen LogP contribution >= 0.6 is 0 Å². The van der Waals surface area contributed by atoms with E-state index < -0.39 is 32.5 Å². The third-order valence-corrected chi connectivity index (χ3v) is 7.58. The van der Waals surface area contributed by atoms with E-state index in [2.05, 4.69) is 4.72 Å². The van der Waals surface area contributed by atoms with Crippen LogP contribution in [0.4, 0.5) is 0 Å². The lowest BCUT2D eigenvalue weighted by atomic mass is 9.94. The van der Waals surface area contributed by atoms with Crippen molar-refractivity contribution >= 4 is 20.3 Å². The average Bonchev–Trinajstić information content (AvgIpc) is 2.69. The standard InChI is InChI=1S/C17H18N2O5S2/c1-12-6-8-15(9-7-12)25(20,21)19-14-10-13-4-2-3-5-16(13)17(19)18-26(22,23)24-11-14/h2-9,14,17-18H,10-11H2,1H3/t14-,17-/m0/s1. The van der Waals surface area contributed by atoms with E-state index in [9.17, 15) is 16.8 Å². The van der Waals surface area contributed by atoms with Crippen molar-refractivity contribution in [3.05, 3.63) is 65.2 Å². The first-order valence-electron chi connectivity index (χ1n) is 8.13. The van der Waals surface area contributed by atoms with Crippen LogP contribution in [0.15, 0.2) is 53.4 Å². The first-order chi connectivity index (χ1) is 12.3. The molecular formula is C17H18N2O5S2. The molecule has 0 spiro atoms. The first kappa shape index (κ1) is 17.6. The van der Waals surface area contributed by atoms with Crippen molar-refractivity contribution in [3.8, 4) is 0 Å². The number of nitrogens with one attached hydrogen (secondary N) is 1. The number of aryl methyl sites for hydroxylation is 1. The van der Waals surface area contributed by atoms with Crippen LogP contribution in [0.1, 0.15) is 22.9 Å². The minimum Gasteiger partial charge on any atom is -0.256 e. The molecule has 138 valence electrons. The summed E-state index contributed by atoms with van der Waals surface area (Å²) in [5, 5.41) is 0. The summed E-state index contributed by atoms with van der Waals surface area (Å²) in [6, 6.07) is 13.1. The highest BCUT2D eigenvalue weighted by Gasteiger charge is 2.46. The van der Waals surface area contributed by atoms with Crippen LogP contribution in [0.25, 0.3) is 0 Å². The summed E-state index contributed by atoms with van der Waals surface area (Å²) in [6.07, 6.45) is -0.654. The molecule has 0 radical (unpaired) electrons. The number of hydrogen-bond acceptors (Lipinski definition) is 5.